The van der Waals surface area contributed by atoms with E-state index >= 15 is 0 Å². The Morgan fingerprint density at radius 3 is 2.43 bits per heavy atom. The molecule has 3 N–H and O–H groups in total. The van der Waals surface area contributed by atoms with Gasteiger partial charge in [-0.3, -0.25) is 35.0 Å². The number of fused-ring (bicyclic) bond motifs is 1. The van der Waals surface area contributed by atoms with Crippen LogP contribution in [0.25, 0.3) is 11.0 Å². The zero-order chi connectivity index (χ0) is 20.4. The molecule has 146 valence electrons. The van der Waals surface area contributed by atoms with E-state index in [0.29, 0.717) is 22.7 Å². The topological polar surface area (TPSA) is 118 Å². The van der Waals surface area contributed by atoms with Gasteiger partial charge in [0.05, 0.1) is 17.1 Å². The minimum absolute atomic E-state index is 0.0285. The average Bonchev–Trinajstić information content (AvgIpc) is 2.92. The maximum atomic E-state index is 12.5. The van der Waals surface area contributed by atoms with Gasteiger partial charge < -0.3 is 4.74 Å². The number of carbonyl (C=O) groups is 2. The first-order valence-electron chi connectivity index (χ1n) is 8.70. The number of H-pyrrole nitrogens is 1. The standard InChI is InChI=1S/C19H21N5O4/c1-10(2)28-13-7-5-12(6-8-13)17(25)21-22-18(26)14-9-11(3)20-16-15(14)19(27)23-24(16)4/h5-10H,1-4H3,(H,21,25)(H,22,26)(H,23,27). The Bertz CT molecular complexity index is 1100. The van der Waals surface area contributed by atoms with E-state index in [1.54, 1.807) is 38.2 Å². The van der Waals surface area contributed by atoms with Crippen LogP contribution in [0.5, 0.6) is 5.75 Å². The number of nitrogens with zero attached hydrogens (tertiary/aromatic N) is 2. The fraction of sp³-hybridized carbons (Fsp3) is 0.263. The lowest BCUT2D eigenvalue weighted by Gasteiger charge is -2.11. The van der Waals surface area contributed by atoms with Crippen LogP contribution in [0.3, 0.4) is 0 Å². The zero-order valence-corrected chi connectivity index (χ0v) is 16.0. The Hall–Kier alpha value is -3.62. The molecule has 3 aromatic rings. The van der Waals surface area contributed by atoms with Crippen LogP contribution in [0.2, 0.25) is 0 Å². The fourth-order valence-corrected chi connectivity index (χ4v) is 2.77. The van der Waals surface area contributed by atoms with Crippen LogP contribution in [0.4, 0.5) is 0 Å². The molecule has 0 aliphatic heterocycles. The molecular weight excluding hydrogens is 362 g/mol. The third-order valence-electron chi connectivity index (χ3n) is 3.96. The molecule has 0 radical (unpaired) electrons. The molecule has 0 aliphatic carbocycles. The number of hydrazine groups is 1. The summed E-state index contributed by atoms with van der Waals surface area (Å²) in [7, 11) is 1.63. The third kappa shape index (κ3) is 3.88. The molecule has 28 heavy (non-hydrogen) atoms. The molecule has 2 aromatic heterocycles. The molecule has 0 unspecified atom stereocenters. The van der Waals surface area contributed by atoms with Gasteiger partial charge in [-0.25, -0.2) is 4.98 Å². The molecule has 0 saturated heterocycles. The van der Waals surface area contributed by atoms with Gasteiger partial charge in [0.1, 0.15) is 5.75 Å². The number of aryl methyl sites for hydroxylation is 2. The minimum atomic E-state index is -0.611. The number of aromatic amines is 1. The maximum absolute atomic E-state index is 12.5. The number of aromatic nitrogens is 3. The van der Waals surface area contributed by atoms with Gasteiger partial charge in [-0.15, -0.1) is 0 Å². The summed E-state index contributed by atoms with van der Waals surface area (Å²) in [5.74, 6) is -0.456. The lowest BCUT2D eigenvalue weighted by atomic mass is 10.1. The highest BCUT2D eigenvalue weighted by molar-refractivity contribution is 6.06. The molecule has 0 spiro atoms. The second kappa shape index (κ2) is 7.55. The van der Waals surface area contributed by atoms with Crippen molar-refractivity contribution in [2.75, 3.05) is 0 Å². The quantitative estimate of drug-likeness (QED) is 0.589. The minimum Gasteiger partial charge on any atom is -0.491 e. The summed E-state index contributed by atoms with van der Waals surface area (Å²) in [6, 6.07) is 8.04. The van der Waals surface area contributed by atoms with Crippen molar-refractivity contribution < 1.29 is 14.3 Å². The molecule has 0 atom stereocenters. The van der Waals surface area contributed by atoms with Gasteiger partial charge in [-0.2, -0.15) is 0 Å². The number of amides is 2. The molecule has 9 nitrogen and oxygen atoms in total. The fourth-order valence-electron chi connectivity index (χ4n) is 2.77. The van der Waals surface area contributed by atoms with Crippen LogP contribution < -0.4 is 21.1 Å². The molecule has 0 bridgehead atoms. The molecule has 2 amide bonds. The zero-order valence-electron chi connectivity index (χ0n) is 16.0. The molecule has 0 fully saturated rings. The highest BCUT2D eigenvalue weighted by Gasteiger charge is 2.18. The Labute approximate surface area is 160 Å². The first kappa shape index (κ1) is 19.2. The smallest absolute Gasteiger partial charge is 0.274 e. The van der Waals surface area contributed by atoms with Crippen molar-refractivity contribution >= 4 is 22.8 Å². The number of hydrogen-bond donors (Lipinski definition) is 3. The highest BCUT2D eigenvalue weighted by Crippen LogP contribution is 2.15. The van der Waals surface area contributed by atoms with E-state index in [4.69, 9.17) is 4.74 Å². The molecule has 0 saturated carbocycles. The van der Waals surface area contributed by atoms with E-state index < -0.39 is 17.4 Å². The normalized spacial score (nSPS) is 10.9. The van der Waals surface area contributed by atoms with Gasteiger partial charge in [0.15, 0.2) is 5.65 Å². The van der Waals surface area contributed by atoms with Crippen LogP contribution in [-0.2, 0) is 7.05 Å². The number of carbonyl (C=O) groups excluding carboxylic acids is 2. The first-order valence-corrected chi connectivity index (χ1v) is 8.70. The summed E-state index contributed by atoms with van der Waals surface area (Å²) in [5, 5.41) is 2.73. The summed E-state index contributed by atoms with van der Waals surface area (Å²) in [6.45, 7) is 5.53. The highest BCUT2D eigenvalue weighted by atomic mass is 16.5. The number of nitrogens with one attached hydrogen (secondary N) is 3. The number of benzene rings is 1. The number of rotatable bonds is 4. The molecule has 3 rings (SSSR count). The van der Waals surface area contributed by atoms with Crippen LogP contribution in [0, 0.1) is 6.92 Å². The van der Waals surface area contributed by atoms with Gasteiger partial charge in [0, 0.05) is 18.3 Å². The van der Waals surface area contributed by atoms with Crippen LogP contribution in [0.1, 0.15) is 40.3 Å². The lowest BCUT2D eigenvalue weighted by Crippen LogP contribution is -2.41. The predicted octanol–water partition coefficient (Wildman–Crippen LogP) is 1.43. The third-order valence-corrected chi connectivity index (χ3v) is 3.96. The molecule has 2 heterocycles. The van der Waals surface area contributed by atoms with Crippen molar-refractivity contribution in [2.45, 2.75) is 26.9 Å². The Kier molecular flexibility index (Phi) is 5.16. The van der Waals surface area contributed by atoms with Crippen LogP contribution >= 0.6 is 0 Å². The van der Waals surface area contributed by atoms with Crippen molar-refractivity contribution in [3.05, 3.63) is 57.5 Å². The first-order chi connectivity index (χ1) is 13.3. The van der Waals surface area contributed by atoms with E-state index in [0.717, 1.165) is 0 Å². The molecule has 9 heteroatoms. The predicted molar refractivity (Wildman–Crippen MR) is 103 cm³/mol. The maximum Gasteiger partial charge on any atom is 0.274 e. The average molecular weight is 383 g/mol. The van der Waals surface area contributed by atoms with Crippen molar-refractivity contribution in [1.82, 2.24) is 25.6 Å². The van der Waals surface area contributed by atoms with Gasteiger partial charge in [-0.1, -0.05) is 0 Å². The SMILES string of the molecule is Cc1cc(C(=O)NNC(=O)c2ccc(OC(C)C)cc2)c2c(=O)[nH]n(C)c2n1. The second-order valence-electron chi connectivity index (χ2n) is 6.61. The monoisotopic (exact) mass is 383 g/mol. The number of pyridine rings is 1. The Morgan fingerprint density at radius 1 is 1.14 bits per heavy atom. The van der Waals surface area contributed by atoms with Gasteiger partial charge in [0.2, 0.25) is 0 Å². The molecule has 1 aromatic carbocycles. The van der Waals surface area contributed by atoms with E-state index in [9.17, 15) is 14.4 Å². The number of hydrogen-bond acceptors (Lipinski definition) is 5. The van der Waals surface area contributed by atoms with Crippen LogP contribution in [0.15, 0.2) is 35.1 Å². The summed E-state index contributed by atoms with van der Waals surface area (Å²) < 4.78 is 6.97. The van der Waals surface area contributed by atoms with Crippen molar-refractivity contribution in [3.8, 4) is 5.75 Å². The second-order valence-corrected chi connectivity index (χ2v) is 6.61. The summed E-state index contributed by atoms with van der Waals surface area (Å²) in [4.78, 5) is 41.2. The van der Waals surface area contributed by atoms with E-state index in [-0.39, 0.29) is 17.1 Å². The Balaban J connectivity index is 1.75. The van der Waals surface area contributed by atoms with Crippen molar-refractivity contribution in [2.24, 2.45) is 7.05 Å². The summed E-state index contributed by atoms with van der Waals surface area (Å²) in [5.41, 5.74) is 5.67. The lowest BCUT2D eigenvalue weighted by molar-refractivity contribution is 0.0847. The van der Waals surface area contributed by atoms with Crippen LogP contribution in [-0.4, -0.2) is 32.7 Å². The summed E-state index contributed by atoms with van der Waals surface area (Å²) >= 11 is 0. The van der Waals surface area contributed by atoms with Gasteiger partial charge in [-0.05, 0) is 51.1 Å². The molecule has 0 aliphatic rings. The van der Waals surface area contributed by atoms with Crippen molar-refractivity contribution in [3.63, 3.8) is 0 Å². The number of ether oxygens (including phenoxy) is 1. The largest absolute Gasteiger partial charge is 0.491 e. The van der Waals surface area contributed by atoms with Crippen molar-refractivity contribution in [1.29, 1.82) is 0 Å². The van der Waals surface area contributed by atoms with Gasteiger partial charge in [0.25, 0.3) is 17.4 Å². The van der Waals surface area contributed by atoms with E-state index in [2.05, 4.69) is 20.9 Å². The van der Waals surface area contributed by atoms with E-state index in [1.807, 2.05) is 13.8 Å². The summed E-state index contributed by atoms with van der Waals surface area (Å²) in [6.07, 6.45) is 0.0285. The van der Waals surface area contributed by atoms with Gasteiger partial charge >= 0.3 is 0 Å². The Morgan fingerprint density at radius 2 is 1.79 bits per heavy atom. The van der Waals surface area contributed by atoms with E-state index in [1.165, 1.54) is 10.7 Å². The molecular formula is C19H21N5O4.